The van der Waals surface area contributed by atoms with Crippen molar-refractivity contribution >= 4 is 29.0 Å². The summed E-state index contributed by atoms with van der Waals surface area (Å²) in [6, 6.07) is 15.0. The molecule has 2 aromatic carbocycles. The molecule has 3 aromatic rings. The van der Waals surface area contributed by atoms with E-state index in [0.717, 1.165) is 22.7 Å². The van der Waals surface area contributed by atoms with Gasteiger partial charge in [-0.1, -0.05) is 12.1 Å². The van der Waals surface area contributed by atoms with E-state index in [4.69, 9.17) is 9.47 Å². The number of amides is 1. The fourth-order valence-corrected chi connectivity index (χ4v) is 2.77. The lowest BCUT2D eigenvalue weighted by Gasteiger charge is -2.10. The Morgan fingerprint density at radius 1 is 1.07 bits per heavy atom. The smallest absolute Gasteiger partial charge is 0.231 e. The summed E-state index contributed by atoms with van der Waals surface area (Å²) in [5.41, 5.74) is 2.56. The fourth-order valence-electron chi connectivity index (χ4n) is 2.77. The summed E-state index contributed by atoms with van der Waals surface area (Å²) >= 11 is 0. The largest absolute Gasteiger partial charge is 0.454 e. The highest BCUT2D eigenvalue weighted by Crippen LogP contribution is 2.32. The van der Waals surface area contributed by atoms with E-state index in [0.29, 0.717) is 24.0 Å². The first-order valence-corrected chi connectivity index (χ1v) is 8.76. The Hall–Kier alpha value is -3.81. The fraction of sp³-hybridized carbons (Fsp3) is 0.150. The van der Waals surface area contributed by atoms with Gasteiger partial charge in [-0.05, 0) is 42.0 Å². The van der Waals surface area contributed by atoms with Gasteiger partial charge in [0.05, 0.1) is 0 Å². The van der Waals surface area contributed by atoms with E-state index in [1.54, 1.807) is 12.3 Å². The van der Waals surface area contributed by atoms with E-state index in [2.05, 4.69) is 25.9 Å². The van der Waals surface area contributed by atoms with Gasteiger partial charge in [0.2, 0.25) is 18.6 Å². The lowest BCUT2D eigenvalue weighted by molar-refractivity contribution is -0.114. The molecule has 0 bridgehead atoms. The number of ether oxygens (including phenoxy) is 2. The number of hydrogen-bond acceptors (Lipinski definition) is 7. The van der Waals surface area contributed by atoms with Crippen molar-refractivity contribution in [3.8, 4) is 11.5 Å². The van der Waals surface area contributed by atoms with Crippen LogP contribution in [0.4, 0.5) is 23.1 Å². The average molecular weight is 377 g/mol. The molecule has 4 rings (SSSR count). The van der Waals surface area contributed by atoms with Gasteiger partial charge in [-0.2, -0.15) is 4.98 Å². The van der Waals surface area contributed by atoms with Gasteiger partial charge in [-0.3, -0.25) is 4.79 Å². The highest BCUT2D eigenvalue weighted by Gasteiger charge is 2.13. The minimum atomic E-state index is -0.116. The summed E-state index contributed by atoms with van der Waals surface area (Å²) in [4.78, 5) is 19.9. The molecule has 28 heavy (non-hydrogen) atoms. The van der Waals surface area contributed by atoms with Crippen molar-refractivity contribution in [3.63, 3.8) is 0 Å². The van der Waals surface area contributed by atoms with Gasteiger partial charge in [0.1, 0.15) is 5.82 Å². The molecule has 8 nitrogen and oxygen atoms in total. The predicted molar refractivity (Wildman–Crippen MR) is 106 cm³/mol. The third-order valence-corrected chi connectivity index (χ3v) is 4.00. The number of anilines is 4. The van der Waals surface area contributed by atoms with Gasteiger partial charge in [-0.25, -0.2) is 4.98 Å². The highest BCUT2D eigenvalue weighted by molar-refractivity contribution is 5.89. The van der Waals surface area contributed by atoms with Gasteiger partial charge in [0, 0.05) is 31.0 Å². The van der Waals surface area contributed by atoms with Crippen LogP contribution in [-0.4, -0.2) is 22.7 Å². The summed E-state index contributed by atoms with van der Waals surface area (Å²) < 4.78 is 10.7. The lowest BCUT2D eigenvalue weighted by atomic mass is 10.2. The maximum absolute atomic E-state index is 11.2. The summed E-state index contributed by atoms with van der Waals surface area (Å²) in [5.74, 6) is 2.53. The van der Waals surface area contributed by atoms with Crippen LogP contribution in [0.1, 0.15) is 12.5 Å². The zero-order chi connectivity index (χ0) is 19.3. The van der Waals surface area contributed by atoms with Crippen molar-refractivity contribution in [3.05, 3.63) is 60.3 Å². The van der Waals surface area contributed by atoms with Crippen LogP contribution in [0.5, 0.6) is 11.5 Å². The number of carbonyl (C=O) groups is 1. The predicted octanol–water partition coefficient (Wildman–Crippen LogP) is 3.52. The molecule has 3 N–H and O–H groups in total. The van der Waals surface area contributed by atoms with Crippen LogP contribution >= 0.6 is 0 Å². The topological polar surface area (TPSA) is 97.4 Å². The van der Waals surface area contributed by atoms with Crippen molar-refractivity contribution in [2.75, 3.05) is 22.7 Å². The van der Waals surface area contributed by atoms with Crippen molar-refractivity contribution < 1.29 is 14.3 Å². The van der Waals surface area contributed by atoms with Gasteiger partial charge >= 0.3 is 0 Å². The number of aromatic nitrogens is 2. The second-order valence-corrected chi connectivity index (χ2v) is 6.19. The molecule has 0 fully saturated rings. The Bertz CT molecular complexity index is 1010. The van der Waals surface area contributed by atoms with Crippen molar-refractivity contribution in [1.82, 2.24) is 9.97 Å². The van der Waals surface area contributed by atoms with E-state index in [9.17, 15) is 4.79 Å². The molecule has 142 valence electrons. The third kappa shape index (κ3) is 4.29. The highest BCUT2D eigenvalue weighted by atomic mass is 16.7. The molecule has 1 aliphatic rings. The SMILES string of the molecule is CC(=O)Nc1cccc(Nc2ccnc(NCc3ccc4c(c3)OCO4)n2)c1. The number of fused-ring (bicyclic) bond motifs is 1. The molecular formula is C20H19N5O3. The number of carbonyl (C=O) groups excluding carboxylic acids is 1. The summed E-state index contributed by atoms with van der Waals surface area (Å²) in [5, 5.41) is 9.17. The number of nitrogens with zero attached hydrogens (tertiary/aromatic N) is 2. The first-order valence-electron chi connectivity index (χ1n) is 8.76. The number of hydrogen-bond donors (Lipinski definition) is 3. The first-order chi connectivity index (χ1) is 13.7. The quantitative estimate of drug-likeness (QED) is 0.605. The van der Waals surface area contributed by atoms with Crippen LogP contribution in [0, 0.1) is 0 Å². The summed E-state index contributed by atoms with van der Waals surface area (Å²) in [6.07, 6.45) is 1.68. The second-order valence-electron chi connectivity index (χ2n) is 6.19. The summed E-state index contributed by atoms with van der Waals surface area (Å²) in [6.45, 7) is 2.28. The Morgan fingerprint density at radius 2 is 1.93 bits per heavy atom. The maximum atomic E-state index is 11.2. The first kappa shape index (κ1) is 17.6. The monoisotopic (exact) mass is 377 g/mol. The van der Waals surface area contributed by atoms with Crippen LogP contribution in [0.15, 0.2) is 54.7 Å². The van der Waals surface area contributed by atoms with E-state index < -0.39 is 0 Å². The Morgan fingerprint density at radius 3 is 2.82 bits per heavy atom. The Kier molecular flexibility index (Phi) is 4.92. The number of benzene rings is 2. The van der Waals surface area contributed by atoms with E-state index in [1.807, 2.05) is 42.5 Å². The minimum Gasteiger partial charge on any atom is -0.454 e. The van der Waals surface area contributed by atoms with Crippen LogP contribution < -0.4 is 25.4 Å². The molecule has 1 aromatic heterocycles. The molecule has 0 unspecified atom stereocenters. The molecular weight excluding hydrogens is 358 g/mol. The van der Waals surface area contributed by atoms with E-state index in [-0.39, 0.29) is 12.7 Å². The zero-order valence-electron chi connectivity index (χ0n) is 15.2. The number of rotatable bonds is 6. The third-order valence-electron chi connectivity index (χ3n) is 4.00. The van der Waals surface area contributed by atoms with Crippen molar-refractivity contribution in [1.29, 1.82) is 0 Å². The molecule has 1 aliphatic heterocycles. The van der Waals surface area contributed by atoms with Gasteiger partial charge < -0.3 is 25.4 Å². The Labute approximate surface area is 161 Å². The van der Waals surface area contributed by atoms with Crippen LogP contribution in [0.3, 0.4) is 0 Å². The van der Waals surface area contributed by atoms with E-state index >= 15 is 0 Å². The van der Waals surface area contributed by atoms with Crippen LogP contribution in [-0.2, 0) is 11.3 Å². The van der Waals surface area contributed by atoms with Crippen LogP contribution in [0.2, 0.25) is 0 Å². The molecule has 0 saturated carbocycles. The molecule has 1 amide bonds. The normalized spacial score (nSPS) is 11.8. The van der Waals surface area contributed by atoms with Crippen molar-refractivity contribution in [2.45, 2.75) is 13.5 Å². The molecule has 0 radical (unpaired) electrons. The van der Waals surface area contributed by atoms with Crippen LogP contribution in [0.25, 0.3) is 0 Å². The van der Waals surface area contributed by atoms with Crippen molar-refractivity contribution in [2.24, 2.45) is 0 Å². The summed E-state index contributed by atoms with van der Waals surface area (Å²) in [7, 11) is 0. The average Bonchev–Trinajstić information content (AvgIpc) is 3.14. The molecule has 0 saturated heterocycles. The maximum Gasteiger partial charge on any atom is 0.231 e. The molecule has 2 heterocycles. The standard InChI is InChI=1S/C20H19N5O3/c1-13(26)23-15-3-2-4-16(10-15)24-19-7-8-21-20(25-19)22-11-14-5-6-17-18(9-14)28-12-27-17/h2-10H,11-12H2,1H3,(H,23,26)(H2,21,22,24,25). The zero-order valence-corrected chi connectivity index (χ0v) is 15.2. The number of nitrogens with one attached hydrogen (secondary N) is 3. The van der Waals surface area contributed by atoms with Gasteiger partial charge in [0.25, 0.3) is 0 Å². The van der Waals surface area contributed by atoms with Gasteiger partial charge in [0.15, 0.2) is 11.5 Å². The lowest BCUT2D eigenvalue weighted by Crippen LogP contribution is -2.06. The second kappa shape index (κ2) is 7.83. The molecule has 0 atom stereocenters. The molecule has 0 spiro atoms. The Balaban J connectivity index is 1.41. The van der Waals surface area contributed by atoms with Gasteiger partial charge in [-0.15, -0.1) is 0 Å². The molecule has 0 aliphatic carbocycles. The van der Waals surface area contributed by atoms with E-state index in [1.165, 1.54) is 6.92 Å². The minimum absolute atomic E-state index is 0.116. The molecule has 8 heteroatoms.